The first-order valence-electron chi connectivity index (χ1n) is 12.8. The van der Waals surface area contributed by atoms with Gasteiger partial charge in [0.25, 0.3) is 5.91 Å². The van der Waals surface area contributed by atoms with E-state index in [1.807, 2.05) is 28.9 Å². The average Bonchev–Trinajstić information content (AvgIpc) is 3.48. The van der Waals surface area contributed by atoms with E-state index in [1.165, 1.54) is 11.1 Å². The van der Waals surface area contributed by atoms with Gasteiger partial charge in [0.1, 0.15) is 6.04 Å². The molecule has 3 aromatic rings. The highest BCUT2D eigenvalue weighted by atomic mass is 16.2. The SMILES string of the molecule is O=C1CCC(N2Cc3cc(C4CCN(Cc5nnnn5Cc5ccccc5)CC4)ccc3C2=O)C(=O)N1. The molecule has 0 radical (unpaired) electrons. The van der Waals surface area contributed by atoms with Gasteiger partial charge in [0.05, 0.1) is 13.1 Å². The number of benzene rings is 2. The zero-order valence-electron chi connectivity index (χ0n) is 20.5. The van der Waals surface area contributed by atoms with Crippen LogP contribution in [0.2, 0.25) is 0 Å². The molecular weight excluding hydrogens is 470 g/mol. The fraction of sp³-hybridized carbons (Fsp3) is 0.407. The maximum atomic E-state index is 13.0. The molecule has 1 atom stereocenters. The van der Waals surface area contributed by atoms with Crippen LogP contribution in [0.1, 0.15) is 64.5 Å². The molecule has 10 heteroatoms. The van der Waals surface area contributed by atoms with Crippen LogP contribution in [-0.2, 0) is 29.2 Å². The molecular formula is C27H29N7O3. The van der Waals surface area contributed by atoms with E-state index in [1.54, 1.807) is 4.90 Å². The van der Waals surface area contributed by atoms with E-state index < -0.39 is 6.04 Å². The van der Waals surface area contributed by atoms with Gasteiger partial charge >= 0.3 is 0 Å². The Morgan fingerprint density at radius 3 is 2.54 bits per heavy atom. The van der Waals surface area contributed by atoms with Crippen LogP contribution in [-0.4, -0.2) is 66.9 Å². The van der Waals surface area contributed by atoms with E-state index in [9.17, 15) is 14.4 Å². The van der Waals surface area contributed by atoms with Gasteiger partial charge in [-0.15, -0.1) is 5.10 Å². The fourth-order valence-corrected chi connectivity index (χ4v) is 5.69. The van der Waals surface area contributed by atoms with Crippen LogP contribution in [0.4, 0.5) is 0 Å². The monoisotopic (exact) mass is 499 g/mol. The van der Waals surface area contributed by atoms with E-state index in [-0.39, 0.29) is 24.1 Å². The Balaban J connectivity index is 1.07. The van der Waals surface area contributed by atoms with Crippen molar-refractivity contribution in [2.24, 2.45) is 0 Å². The third-order valence-corrected chi connectivity index (χ3v) is 7.75. The van der Waals surface area contributed by atoms with Gasteiger partial charge in [0.2, 0.25) is 11.8 Å². The zero-order valence-corrected chi connectivity index (χ0v) is 20.5. The van der Waals surface area contributed by atoms with Gasteiger partial charge in [-0.1, -0.05) is 42.5 Å². The number of carbonyl (C=O) groups excluding carboxylic acids is 3. The molecule has 10 nitrogen and oxygen atoms in total. The van der Waals surface area contributed by atoms with Gasteiger partial charge in [-0.2, -0.15) is 0 Å². The third-order valence-electron chi connectivity index (χ3n) is 7.75. The van der Waals surface area contributed by atoms with Crippen LogP contribution in [0.15, 0.2) is 48.5 Å². The molecule has 1 unspecified atom stereocenters. The molecule has 2 saturated heterocycles. The van der Waals surface area contributed by atoms with Crippen LogP contribution >= 0.6 is 0 Å². The van der Waals surface area contributed by atoms with Crippen molar-refractivity contribution in [2.45, 2.75) is 57.3 Å². The largest absolute Gasteiger partial charge is 0.322 e. The number of imide groups is 1. The van der Waals surface area contributed by atoms with Crippen molar-refractivity contribution in [1.29, 1.82) is 0 Å². The summed E-state index contributed by atoms with van der Waals surface area (Å²) in [5.41, 5.74) is 4.04. The molecule has 0 saturated carbocycles. The number of aromatic nitrogens is 4. The summed E-state index contributed by atoms with van der Waals surface area (Å²) >= 11 is 0. The highest BCUT2D eigenvalue weighted by Crippen LogP contribution is 2.33. The molecule has 0 bridgehead atoms. The summed E-state index contributed by atoms with van der Waals surface area (Å²) < 4.78 is 1.87. The summed E-state index contributed by atoms with van der Waals surface area (Å²) in [7, 11) is 0. The van der Waals surface area contributed by atoms with E-state index in [4.69, 9.17) is 0 Å². The van der Waals surface area contributed by atoms with Crippen molar-refractivity contribution in [3.05, 3.63) is 76.6 Å². The van der Waals surface area contributed by atoms with E-state index in [0.29, 0.717) is 37.5 Å². The van der Waals surface area contributed by atoms with E-state index in [2.05, 4.69) is 50.0 Å². The molecule has 2 fully saturated rings. The third kappa shape index (κ3) is 4.76. The summed E-state index contributed by atoms with van der Waals surface area (Å²) in [4.78, 5) is 40.8. The fourth-order valence-electron chi connectivity index (χ4n) is 5.69. The number of hydrogen-bond donors (Lipinski definition) is 1. The van der Waals surface area contributed by atoms with E-state index in [0.717, 1.165) is 37.3 Å². The number of tetrazole rings is 1. The summed E-state index contributed by atoms with van der Waals surface area (Å²) in [5.74, 6) is 0.513. The lowest BCUT2D eigenvalue weighted by atomic mass is 9.88. The average molecular weight is 500 g/mol. The molecule has 3 aliphatic heterocycles. The molecule has 0 spiro atoms. The number of likely N-dealkylation sites (tertiary alicyclic amines) is 1. The van der Waals surface area contributed by atoms with Gasteiger partial charge in [-0.05, 0) is 71.5 Å². The van der Waals surface area contributed by atoms with Crippen molar-refractivity contribution in [1.82, 2.24) is 35.3 Å². The van der Waals surface area contributed by atoms with Crippen LogP contribution in [0, 0.1) is 0 Å². The predicted molar refractivity (Wildman–Crippen MR) is 133 cm³/mol. The Labute approximate surface area is 214 Å². The van der Waals surface area contributed by atoms with Gasteiger partial charge in [-0.3, -0.25) is 24.6 Å². The van der Waals surface area contributed by atoms with Crippen molar-refractivity contribution in [2.75, 3.05) is 13.1 Å². The summed E-state index contributed by atoms with van der Waals surface area (Å²) in [5, 5.41) is 14.7. The second-order valence-corrected chi connectivity index (χ2v) is 10.1. The van der Waals surface area contributed by atoms with Crippen LogP contribution in [0.5, 0.6) is 0 Å². The molecule has 4 heterocycles. The minimum absolute atomic E-state index is 0.126. The highest BCUT2D eigenvalue weighted by molar-refractivity contribution is 6.05. The number of hydrogen-bond acceptors (Lipinski definition) is 7. The molecule has 190 valence electrons. The lowest BCUT2D eigenvalue weighted by Crippen LogP contribution is -2.52. The molecule has 0 aliphatic carbocycles. The topological polar surface area (TPSA) is 113 Å². The molecule has 2 aromatic carbocycles. The standard InChI is InChI=1S/C27H29N7O3/c35-25-9-8-23(26(36)28-25)33-16-21-14-20(6-7-22(21)27(33)37)19-10-12-32(13-11-19)17-24-29-30-31-34(24)15-18-4-2-1-3-5-18/h1-7,14,19,23H,8-13,15-17H2,(H,28,35,36). The van der Waals surface area contributed by atoms with Crippen molar-refractivity contribution >= 4 is 17.7 Å². The summed E-state index contributed by atoms with van der Waals surface area (Å²) in [6, 6.07) is 15.7. The number of amides is 3. The molecule has 6 rings (SSSR count). The summed E-state index contributed by atoms with van der Waals surface area (Å²) in [6.07, 6.45) is 2.68. The number of fused-ring (bicyclic) bond motifs is 1. The normalized spacial score (nSPS) is 20.8. The van der Waals surface area contributed by atoms with Crippen molar-refractivity contribution < 1.29 is 14.4 Å². The smallest absolute Gasteiger partial charge is 0.255 e. The Bertz CT molecular complexity index is 1330. The number of rotatable bonds is 6. The van der Waals surface area contributed by atoms with Crippen LogP contribution in [0.3, 0.4) is 0 Å². The van der Waals surface area contributed by atoms with Gasteiger partial charge in [0.15, 0.2) is 5.82 Å². The molecule has 1 aromatic heterocycles. The quantitative estimate of drug-likeness (QED) is 0.515. The minimum Gasteiger partial charge on any atom is -0.322 e. The van der Waals surface area contributed by atoms with Crippen molar-refractivity contribution in [3.8, 4) is 0 Å². The first-order valence-corrected chi connectivity index (χ1v) is 12.8. The number of carbonyl (C=O) groups is 3. The van der Waals surface area contributed by atoms with Gasteiger partial charge < -0.3 is 4.90 Å². The second-order valence-electron chi connectivity index (χ2n) is 10.1. The number of nitrogens with zero attached hydrogens (tertiary/aromatic N) is 6. The van der Waals surface area contributed by atoms with Gasteiger partial charge in [0, 0.05) is 18.5 Å². The molecule has 3 aliphatic rings. The molecule has 37 heavy (non-hydrogen) atoms. The summed E-state index contributed by atoms with van der Waals surface area (Å²) in [6.45, 7) is 3.68. The number of nitrogens with one attached hydrogen (secondary N) is 1. The zero-order chi connectivity index (χ0) is 25.4. The minimum atomic E-state index is -0.581. The highest BCUT2D eigenvalue weighted by Gasteiger charge is 2.39. The Hall–Kier alpha value is -3.92. The van der Waals surface area contributed by atoms with Crippen LogP contribution in [0.25, 0.3) is 0 Å². The maximum absolute atomic E-state index is 13.0. The molecule has 1 N–H and O–H groups in total. The predicted octanol–water partition coefficient (Wildman–Crippen LogP) is 1.86. The second kappa shape index (κ2) is 9.85. The first kappa shape index (κ1) is 23.5. The maximum Gasteiger partial charge on any atom is 0.255 e. The Morgan fingerprint density at radius 2 is 1.76 bits per heavy atom. The molecule has 3 amide bonds. The van der Waals surface area contributed by atoms with Gasteiger partial charge in [-0.25, -0.2) is 4.68 Å². The van der Waals surface area contributed by atoms with Crippen molar-refractivity contribution in [3.63, 3.8) is 0 Å². The Morgan fingerprint density at radius 1 is 0.946 bits per heavy atom. The Kier molecular flexibility index (Phi) is 6.25. The van der Waals surface area contributed by atoms with E-state index >= 15 is 0 Å². The van der Waals surface area contributed by atoms with Crippen LogP contribution < -0.4 is 5.32 Å². The lowest BCUT2D eigenvalue weighted by Gasteiger charge is -2.32. The lowest BCUT2D eigenvalue weighted by molar-refractivity contribution is -0.136. The first-order chi connectivity index (χ1) is 18.0. The number of piperidine rings is 2.